The summed E-state index contributed by atoms with van der Waals surface area (Å²) >= 11 is 11.0. The van der Waals surface area contributed by atoms with Gasteiger partial charge in [-0.3, -0.25) is 0 Å². The van der Waals surface area contributed by atoms with Crippen molar-refractivity contribution in [2.24, 2.45) is 5.73 Å². The predicted octanol–water partition coefficient (Wildman–Crippen LogP) is 1.35. The van der Waals surface area contributed by atoms with E-state index in [0.717, 1.165) is 5.69 Å². The number of carbonyl (C=O) groups excluding carboxylic acids is 1. The fraction of sp³-hybridized carbons (Fsp3) is 0.385. The molecule has 1 aliphatic heterocycles. The topological polar surface area (TPSA) is 64.8 Å². The van der Waals surface area contributed by atoms with Gasteiger partial charge >= 0.3 is 5.97 Å². The first-order valence-corrected chi connectivity index (χ1v) is 6.84. The molecule has 0 saturated carbocycles. The van der Waals surface area contributed by atoms with Gasteiger partial charge in [-0.15, -0.1) is 0 Å². The molecule has 0 radical (unpaired) electrons. The van der Waals surface area contributed by atoms with Crippen molar-refractivity contribution in [3.8, 4) is 0 Å². The van der Waals surface area contributed by atoms with E-state index in [-0.39, 0.29) is 17.6 Å². The van der Waals surface area contributed by atoms with Crippen molar-refractivity contribution in [2.75, 3.05) is 31.8 Å². The van der Waals surface area contributed by atoms with Crippen LogP contribution < -0.4 is 10.6 Å². The van der Waals surface area contributed by atoms with Crippen LogP contribution in [0, 0.1) is 0 Å². The van der Waals surface area contributed by atoms with Crippen LogP contribution in [0.15, 0.2) is 18.2 Å². The van der Waals surface area contributed by atoms with Crippen LogP contribution in [0.5, 0.6) is 0 Å². The summed E-state index contributed by atoms with van der Waals surface area (Å²) in [7, 11) is 1.35. The Morgan fingerprint density at radius 2 is 2.35 bits per heavy atom. The molecule has 0 aliphatic carbocycles. The van der Waals surface area contributed by atoms with Crippen LogP contribution in [-0.2, 0) is 14.3 Å². The van der Waals surface area contributed by atoms with Crippen molar-refractivity contribution >= 4 is 40.5 Å². The van der Waals surface area contributed by atoms with Gasteiger partial charge in [0.2, 0.25) is 0 Å². The van der Waals surface area contributed by atoms with Crippen LogP contribution in [0.1, 0.15) is 5.56 Å². The summed E-state index contributed by atoms with van der Waals surface area (Å²) in [6, 6.07) is 4.73. The number of thiocarbonyl (C=S) groups is 1. The summed E-state index contributed by atoms with van der Waals surface area (Å²) in [4.78, 5) is 14.0. The number of nitrogens with zero attached hydrogens (tertiary/aromatic N) is 1. The van der Waals surface area contributed by atoms with E-state index >= 15 is 0 Å². The molecule has 0 aromatic heterocycles. The Balaban J connectivity index is 2.42. The molecular weight excluding hydrogens is 300 g/mol. The number of methoxy groups -OCH3 is 1. The predicted molar refractivity (Wildman–Crippen MR) is 81.3 cm³/mol. The maximum Gasteiger partial charge on any atom is 0.330 e. The van der Waals surface area contributed by atoms with Crippen LogP contribution in [0.25, 0.3) is 0 Å². The second-order valence-electron chi connectivity index (χ2n) is 4.33. The Labute approximate surface area is 127 Å². The molecule has 1 aliphatic rings. The van der Waals surface area contributed by atoms with E-state index in [1.54, 1.807) is 18.2 Å². The molecular formula is C13H15ClN2O3S. The second-order valence-corrected chi connectivity index (χ2v) is 5.21. The van der Waals surface area contributed by atoms with E-state index < -0.39 is 6.04 Å². The lowest BCUT2D eigenvalue weighted by atomic mass is 10.1. The largest absolute Gasteiger partial charge is 0.467 e. The van der Waals surface area contributed by atoms with Gasteiger partial charge < -0.3 is 20.1 Å². The van der Waals surface area contributed by atoms with E-state index in [1.165, 1.54) is 7.11 Å². The SMILES string of the molecule is COC(=O)C1COCCN1c1ccc(Cl)cc1C(N)=S. The highest BCUT2D eigenvalue weighted by atomic mass is 35.5. The summed E-state index contributed by atoms with van der Waals surface area (Å²) in [5.41, 5.74) is 7.15. The molecule has 1 unspecified atom stereocenters. The summed E-state index contributed by atoms with van der Waals surface area (Å²) in [6.45, 7) is 1.34. The molecule has 1 atom stereocenters. The first-order chi connectivity index (χ1) is 9.54. The van der Waals surface area contributed by atoms with Crippen molar-refractivity contribution in [1.82, 2.24) is 0 Å². The summed E-state index contributed by atoms with van der Waals surface area (Å²) in [5.74, 6) is -0.353. The number of halogens is 1. The molecule has 7 heteroatoms. The normalized spacial score (nSPS) is 18.7. The number of ether oxygens (including phenoxy) is 2. The standard InChI is InChI=1S/C13H15ClN2O3S/c1-18-13(17)11-7-19-5-4-16(11)10-3-2-8(14)6-9(10)12(15)20/h2-3,6,11H,4-5,7H2,1H3,(H2,15,20). The zero-order valence-electron chi connectivity index (χ0n) is 11.0. The molecule has 5 nitrogen and oxygen atoms in total. The smallest absolute Gasteiger partial charge is 0.330 e. The Hall–Kier alpha value is -1.37. The van der Waals surface area contributed by atoms with Gasteiger partial charge in [0.1, 0.15) is 4.99 Å². The average molecular weight is 315 g/mol. The van der Waals surface area contributed by atoms with Crippen molar-refractivity contribution in [2.45, 2.75) is 6.04 Å². The summed E-state index contributed by atoms with van der Waals surface area (Å²) in [6.07, 6.45) is 0. The van der Waals surface area contributed by atoms with Gasteiger partial charge in [-0.1, -0.05) is 23.8 Å². The number of nitrogens with two attached hydrogens (primary N) is 1. The van der Waals surface area contributed by atoms with Crippen molar-refractivity contribution in [3.63, 3.8) is 0 Å². The van der Waals surface area contributed by atoms with E-state index in [0.29, 0.717) is 23.7 Å². The highest BCUT2D eigenvalue weighted by Gasteiger charge is 2.32. The molecule has 0 spiro atoms. The Kier molecular flexibility index (Phi) is 4.80. The Morgan fingerprint density at radius 1 is 1.60 bits per heavy atom. The molecule has 1 aromatic rings. The molecule has 0 bridgehead atoms. The van der Waals surface area contributed by atoms with E-state index in [4.69, 9.17) is 39.0 Å². The van der Waals surface area contributed by atoms with Crippen LogP contribution >= 0.6 is 23.8 Å². The van der Waals surface area contributed by atoms with Crippen molar-refractivity contribution in [3.05, 3.63) is 28.8 Å². The van der Waals surface area contributed by atoms with E-state index in [1.807, 2.05) is 4.90 Å². The lowest BCUT2D eigenvalue weighted by Gasteiger charge is -2.36. The third-order valence-corrected chi connectivity index (χ3v) is 3.59. The fourth-order valence-corrected chi connectivity index (χ4v) is 2.52. The minimum atomic E-state index is -0.511. The highest BCUT2D eigenvalue weighted by Crippen LogP contribution is 2.27. The molecule has 0 amide bonds. The van der Waals surface area contributed by atoms with Gasteiger partial charge in [-0.05, 0) is 18.2 Å². The number of hydrogen-bond donors (Lipinski definition) is 1. The Bertz CT molecular complexity index is 538. The van der Waals surface area contributed by atoms with E-state index in [9.17, 15) is 4.79 Å². The lowest BCUT2D eigenvalue weighted by Crippen LogP contribution is -2.51. The number of carbonyl (C=O) groups is 1. The first kappa shape index (κ1) is 15.0. The minimum absolute atomic E-state index is 0.234. The fourth-order valence-electron chi connectivity index (χ4n) is 2.18. The van der Waals surface area contributed by atoms with Crippen LogP contribution in [0.2, 0.25) is 5.02 Å². The first-order valence-electron chi connectivity index (χ1n) is 6.06. The third-order valence-electron chi connectivity index (χ3n) is 3.14. The number of esters is 1. The van der Waals surface area contributed by atoms with E-state index in [2.05, 4.69) is 0 Å². The maximum atomic E-state index is 11.9. The van der Waals surface area contributed by atoms with Gasteiger partial charge in [-0.2, -0.15) is 0 Å². The molecule has 108 valence electrons. The number of anilines is 1. The molecule has 20 heavy (non-hydrogen) atoms. The molecule has 1 saturated heterocycles. The van der Waals surface area contributed by atoms with Gasteiger partial charge in [0, 0.05) is 22.8 Å². The molecule has 1 fully saturated rings. The van der Waals surface area contributed by atoms with Crippen molar-refractivity contribution < 1.29 is 14.3 Å². The molecule has 2 rings (SSSR count). The number of rotatable bonds is 3. The van der Waals surface area contributed by atoms with Crippen LogP contribution in [0.3, 0.4) is 0 Å². The van der Waals surface area contributed by atoms with Crippen LogP contribution in [-0.4, -0.2) is 43.9 Å². The quantitative estimate of drug-likeness (QED) is 0.671. The Morgan fingerprint density at radius 3 is 3.00 bits per heavy atom. The van der Waals surface area contributed by atoms with Gasteiger partial charge in [-0.25, -0.2) is 4.79 Å². The highest BCUT2D eigenvalue weighted by molar-refractivity contribution is 7.80. The van der Waals surface area contributed by atoms with Gasteiger partial charge in [0.25, 0.3) is 0 Å². The van der Waals surface area contributed by atoms with Crippen LogP contribution in [0.4, 0.5) is 5.69 Å². The zero-order chi connectivity index (χ0) is 14.7. The maximum absolute atomic E-state index is 11.9. The molecule has 2 N–H and O–H groups in total. The molecule has 1 heterocycles. The van der Waals surface area contributed by atoms with Gasteiger partial charge in [0.05, 0.1) is 20.3 Å². The number of morpholine rings is 1. The monoisotopic (exact) mass is 314 g/mol. The second kappa shape index (κ2) is 6.39. The average Bonchev–Trinajstić information content (AvgIpc) is 2.46. The summed E-state index contributed by atoms with van der Waals surface area (Å²) < 4.78 is 10.2. The lowest BCUT2D eigenvalue weighted by molar-refractivity contribution is -0.144. The zero-order valence-corrected chi connectivity index (χ0v) is 12.5. The minimum Gasteiger partial charge on any atom is -0.467 e. The van der Waals surface area contributed by atoms with Gasteiger partial charge in [0.15, 0.2) is 6.04 Å². The number of benzene rings is 1. The number of hydrogen-bond acceptors (Lipinski definition) is 5. The summed E-state index contributed by atoms with van der Waals surface area (Å²) in [5, 5.41) is 0.541. The third kappa shape index (κ3) is 3.03. The van der Waals surface area contributed by atoms with Crippen molar-refractivity contribution in [1.29, 1.82) is 0 Å². The molecule has 1 aromatic carbocycles.